The van der Waals surface area contributed by atoms with E-state index in [1.54, 1.807) is 6.07 Å². The van der Waals surface area contributed by atoms with Crippen molar-refractivity contribution in [3.8, 4) is 0 Å². The van der Waals surface area contributed by atoms with Crippen molar-refractivity contribution in [3.05, 3.63) is 33.8 Å². The fraction of sp³-hybridized carbons (Fsp3) is 0.571. The van der Waals surface area contributed by atoms with Crippen LogP contribution in [0.1, 0.15) is 32.3 Å². The Kier molecular flexibility index (Phi) is 6.94. The van der Waals surface area contributed by atoms with Crippen LogP contribution in [0.2, 0.25) is 10.0 Å². The zero-order chi connectivity index (χ0) is 12.7. The Labute approximate surface area is 115 Å². The highest BCUT2D eigenvalue weighted by atomic mass is 35.5. The zero-order valence-corrected chi connectivity index (χ0v) is 12.1. The highest BCUT2D eigenvalue weighted by molar-refractivity contribution is 6.35. The van der Waals surface area contributed by atoms with Crippen LogP contribution < -0.4 is 5.32 Å². The Bertz CT molecular complexity index is 337. The van der Waals surface area contributed by atoms with E-state index in [1.165, 1.54) is 12.8 Å². The first-order valence-corrected chi connectivity index (χ1v) is 7.00. The third-order valence-electron chi connectivity index (χ3n) is 2.72. The summed E-state index contributed by atoms with van der Waals surface area (Å²) < 4.78 is 0. The lowest BCUT2D eigenvalue weighted by Gasteiger charge is -2.08. The average Bonchev–Trinajstić information content (AvgIpc) is 2.25. The molecule has 1 nitrogen and oxygen atoms in total. The normalized spacial score (nSPS) is 11.1. The molecule has 96 valence electrons. The molecule has 0 saturated carbocycles. The minimum absolute atomic E-state index is 0.698. The molecule has 0 radical (unpaired) electrons. The van der Waals surface area contributed by atoms with Gasteiger partial charge in [0.25, 0.3) is 0 Å². The van der Waals surface area contributed by atoms with Gasteiger partial charge in [-0.05, 0) is 56.0 Å². The Morgan fingerprint density at radius 3 is 2.59 bits per heavy atom. The minimum Gasteiger partial charge on any atom is -0.316 e. The van der Waals surface area contributed by atoms with E-state index in [-0.39, 0.29) is 0 Å². The van der Waals surface area contributed by atoms with Gasteiger partial charge in [-0.2, -0.15) is 0 Å². The lowest BCUT2D eigenvalue weighted by atomic mass is 10.1. The van der Waals surface area contributed by atoms with Gasteiger partial charge in [0, 0.05) is 10.0 Å². The molecule has 0 aliphatic heterocycles. The summed E-state index contributed by atoms with van der Waals surface area (Å²) >= 11 is 11.9. The zero-order valence-electron chi connectivity index (χ0n) is 10.6. The van der Waals surface area contributed by atoms with E-state index in [0.29, 0.717) is 5.02 Å². The third-order valence-corrected chi connectivity index (χ3v) is 3.31. The average molecular weight is 274 g/mol. The van der Waals surface area contributed by atoms with Crippen molar-refractivity contribution in [2.75, 3.05) is 13.1 Å². The molecule has 0 aromatic heterocycles. The Balaban J connectivity index is 2.18. The molecule has 0 aliphatic rings. The van der Waals surface area contributed by atoms with Crippen LogP contribution in [-0.4, -0.2) is 13.1 Å². The van der Waals surface area contributed by atoms with Crippen molar-refractivity contribution in [2.45, 2.75) is 33.1 Å². The van der Waals surface area contributed by atoms with Crippen LogP contribution in [0.5, 0.6) is 0 Å². The molecule has 0 spiro atoms. The van der Waals surface area contributed by atoms with E-state index in [4.69, 9.17) is 23.2 Å². The molecule has 1 N–H and O–H groups in total. The molecule has 0 amide bonds. The van der Waals surface area contributed by atoms with Crippen LogP contribution in [-0.2, 0) is 6.42 Å². The van der Waals surface area contributed by atoms with Gasteiger partial charge in [-0.3, -0.25) is 0 Å². The number of nitrogens with one attached hydrogen (secondary N) is 1. The Morgan fingerprint density at radius 2 is 1.94 bits per heavy atom. The first-order chi connectivity index (χ1) is 8.09. The standard InChI is InChI=1S/C14H21Cl2N/c1-11(2)4-3-8-17-9-7-12-5-6-13(15)10-14(12)16/h5-6,10-11,17H,3-4,7-9H2,1-2H3. The van der Waals surface area contributed by atoms with Gasteiger partial charge >= 0.3 is 0 Å². The van der Waals surface area contributed by atoms with Gasteiger partial charge in [0.2, 0.25) is 0 Å². The number of hydrogen-bond acceptors (Lipinski definition) is 1. The molecule has 17 heavy (non-hydrogen) atoms. The van der Waals surface area contributed by atoms with E-state index in [9.17, 15) is 0 Å². The molecule has 0 heterocycles. The summed E-state index contributed by atoms with van der Waals surface area (Å²) in [4.78, 5) is 0. The lowest BCUT2D eigenvalue weighted by molar-refractivity contribution is 0.528. The first-order valence-electron chi connectivity index (χ1n) is 6.24. The molecule has 1 aromatic rings. The first kappa shape index (κ1) is 14.8. The van der Waals surface area contributed by atoms with Crippen molar-refractivity contribution in [3.63, 3.8) is 0 Å². The molecule has 0 aliphatic carbocycles. The maximum atomic E-state index is 6.10. The maximum Gasteiger partial charge on any atom is 0.0453 e. The molecule has 3 heteroatoms. The molecule has 0 saturated heterocycles. The molecule has 1 aromatic carbocycles. The monoisotopic (exact) mass is 273 g/mol. The van der Waals surface area contributed by atoms with Crippen molar-refractivity contribution >= 4 is 23.2 Å². The second-order valence-corrected chi connectivity index (χ2v) is 5.62. The topological polar surface area (TPSA) is 12.0 Å². The molecule has 0 bridgehead atoms. The van der Waals surface area contributed by atoms with Crippen LogP contribution in [0.15, 0.2) is 18.2 Å². The molecule has 0 fully saturated rings. The lowest BCUT2D eigenvalue weighted by Crippen LogP contribution is -2.19. The Hall–Kier alpha value is -0.240. The largest absolute Gasteiger partial charge is 0.316 e. The van der Waals surface area contributed by atoms with E-state index in [2.05, 4.69) is 19.2 Å². The summed E-state index contributed by atoms with van der Waals surface area (Å²) in [6, 6.07) is 5.69. The van der Waals surface area contributed by atoms with Crippen LogP contribution in [0.3, 0.4) is 0 Å². The van der Waals surface area contributed by atoms with Gasteiger partial charge in [0.05, 0.1) is 0 Å². The predicted molar refractivity (Wildman–Crippen MR) is 77.1 cm³/mol. The van der Waals surface area contributed by atoms with Gasteiger partial charge in [0.15, 0.2) is 0 Å². The minimum atomic E-state index is 0.698. The van der Waals surface area contributed by atoms with Crippen molar-refractivity contribution < 1.29 is 0 Å². The van der Waals surface area contributed by atoms with Gasteiger partial charge in [-0.15, -0.1) is 0 Å². The number of halogens is 2. The second-order valence-electron chi connectivity index (χ2n) is 4.77. The van der Waals surface area contributed by atoms with Gasteiger partial charge < -0.3 is 5.32 Å². The highest BCUT2D eigenvalue weighted by Crippen LogP contribution is 2.20. The summed E-state index contributed by atoms with van der Waals surface area (Å²) in [6.07, 6.45) is 3.48. The molecule has 1 rings (SSSR count). The van der Waals surface area contributed by atoms with Crippen molar-refractivity contribution in [1.82, 2.24) is 5.32 Å². The molecular weight excluding hydrogens is 253 g/mol. The fourth-order valence-corrected chi connectivity index (χ4v) is 2.21. The van der Waals surface area contributed by atoms with E-state index in [0.717, 1.165) is 36.0 Å². The highest BCUT2D eigenvalue weighted by Gasteiger charge is 2.00. The third kappa shape index (κ3) is 6.30. The molecular formula is C14H21Cl2N. The van der Waals surface area contributed by atoms with Crippen LogP contribution in [0.25, 0.3) is 0 Å². The summed E-state index contributed by atoms with van der Waals surface area (Å²) in [7, 11) is 0. The van der Waals surface area contributed by atoms with E-state index < -0.39 is 0 Å². The molecule has 0 unspecified atom stereocenters. The Morgan fingerprint density at radius 1 is 1.18 bits per heavy atom. The van der Waals surface area contributed by atoms with Gasteiger partial charge in [-0.1, -0.05) is 43.1 Å². The molecule has 0 atom stereocenters. The SMILES string of the molecule is CC(C)CCCNCCc1ccc(Cl)cc1Cl. The number of rotatable bonds is 7. The number of benzene rings is 1. The van der Waals surface area contributed by atoms with Crippen molar-refractivity contribution in [1.29, 1.82) is 0 Å². The maximum absolute atomic E-state index is 6.10. The fourth-order valence-electron chi connectivity index (χ4n) is 1.71. The predicted octanol–water partition coefficient (Wildman–Crippen LogP) is 4.56. The van der Waals surface area contributed by atoms with Crippen LogP contribution in [0.4, 0.5) is 0 Å². The smallest absolute Gasteiger partial charge is 0.0453 e. The van der Waals surface area contributed by atoms with Gasteiger partial charge in [-0.25, -0.2) is 0 Å². The van der Waals surface area contributed by atoms with E-state index in [1.807, 2.05) is 12.1 Å². The second kappa shape index (κ2) is 7.97. The summed E-state index contributed by atoms with van der Waals surface area (Å²) in [5.41, 5.74) is 1.16. The summed E-state index contributed by atoms with van der Waals surface area (Å²) in [5, 5.41) is 4.90. The number of hydrogen-bond donors (Lipinski definition) is 1. The quantitative estimate of drug-likeness (QED) is 0.718. The van der Waals surface area contributed by atoms with E-state index >= 15 is 0 Å². The van der Waals surface area contributed by atoms with Crippen LogP contribution >= 0.6 is 23.2 Å². The van der Waals surface area contributed by atoms with Crippen LogP contribution in [0, 0.1) is 5.92 Å². The van der Waals surface area contributed by atoms with Gasteiger partial charge in [0.1, 0.15) is 0 Å². The van der Waals surface area contributed by atoms with Crippen molar-refractivity contribution in [2.24, 2.45) is 5.92 Å². The summed E-state index contributed by atoms with van der Waals surface area (Å²) in [5.74, 6) is 0.794. The summed E-state index contributed by atoms with van der Waals surface area (Å²) in [6.45, 7) is 6.57.